The number of fused-ring (bicyclic) bond motifs is 1. The maximum absolute atomic E-state index is 12.5. The van der Waals surface area contributed by atoms with Gasteiger partial charge in [0.1, 0.15) is 5.15 Å². The van der Waals surface area contributed by atoms with Crippen LogP contribution in [0.4, 0.5) is 0 Å². The van der Waals surface area contributed by atoms with Crippen LogP contribution in [-0.2, 0) is 17.8 Å². The van der Waals surface area contributed by atoms with Gasteiger partial charge < -0.3 is 9.64 Å². The number of rotatable bonds is 4. The first-order valence-corrected chi connectivity index (χ1v) is 8.58. The number of amides is 1. The summed E-state index contributed by atoms with van der Waals surface area (Å²) in [6.45, 7) is 1.03. The minimum atomic E-state index is -0.104. The fourth-order valence-electron chi connectivity index (χ4n) is 2.94. The summed E-state index contributed by atoms with van der Waals surface area (Å²) in [5.74, 6) is 0.168. The SMILES string of the molecule is O=C(COc1cnc(Cl)cn1)N1CCc2[nH]nc(-c3ccccc3)c2C1. The highest BCUT2D eigenvalue weighted by Gasteiger charge is 2.25. The second-order valence-electron chi connectivity index (χ2n) is 5.93. The number of aromatic amines is 1. The van der Waals surface area contributed by atoms with Crippen LogP contribution in [0, 0.1) is 0 Å². The van der Waals surface area contributed by atoms with Crippen LogP contribution < -0.4 is 4.74 Å². The summed E-state index contributed by atoms with van der Waals surface area (Å²) in [5.41, 5.74) is 4.06. The molecule has 132 valence electrons. The van der Waals surface area contributed by atoms with Gasteiger partial charge in [0.15, 0.2) is 6.61 Å². The van der Waals surface area contributed by atoms with E-state index in [2.05, 4.69) is 20.2 Å². The Hall–Kier alpha value is -2.93. The number of hydrogen-bond donors (Lipinski definition) is 1. The lowest BCUT2D eigenvalue weighted by Crippen LogP contribution is -2.38. The molecule has 1 aromatic carbocycles. The van der Waals surface area contributed by atoms with Crippen molar-refractivity contribution in [3.05, 3.63) is 59.1 Å². The normalized spacial score (nSPS) is 13.3. The van der Waals surface area contributed by atoms with Gasteiger partial charge in [0.2, 0.25) is 5.88 Å². The molecule has 3 aromatic rings. The minimum Gasteiger partial charge on any atom is -0.466 e. The van der Waals surface area contributed by atoms with E-state index >= 15 is 0 Å². The topological polar surface area (TPSA) is 84.0 Å². The predicted octanol–water partition coefficient (Wildman–Crippen LogP) is 2.48. The van der Waals surface area contributed by atoms with Crippen molar-refractivity contribution in [2.24, 2.45) is 0 Å². The molecule has 0 saturated carbocycles. The third-order valence-corrected chi connectivity index (χ3v) is 4.47. The molecule has 1 aliphatic rings. The molecule has 0 saturated heterocycles. The lowest BCUT2D eigenvalue weighted by Gasteiger charge is -2.27. The van der Waals surface area contributed by atoms with Crippen molar-refractivity contribution in [2.75, 3.05) is 13.2 Å². The zero-order valence-electron chi connectivity index (χ0n) is 13.9. The number of H-pyrrole nitrogens is 1. The summed E-state index contributed by atoms with van der Waals surface area (Å²) in [5, 5.41) is 7.81. The van der Waals surface area contributed by atoms with Gasteiger partial charge >= 0.3 is 0 Å². The quantitative estimate of drug-likeness (QED) is 0.763. The number of nitrogens with one attached hydrogen (secondary N) is 1. The van der Waals surface area contributed by atoms with E-state index in [4.69, 9.17) is 16.3 Å². The van der Waals surface area contributed by atoms with Crippen molar-refractivity contribution in [3.8, 4) is 17.1 Å². The van der Waals surface area contributed by atoms with Crippen molar-refractivity contribution in [3.63, 3.8) is 0 Å². The minimum absolute atomic E-state index is 0.0931. The van der Waals surface area contributed by atoms with Crippen molar-refractivity contribution in [1.82, 2.24) is 25.1 Å². The molecule has 0 bridgehead atoms. The highest BCUT2D eigenvalue weighted by molar-refractivity contribution is 6.29. The summed E-state index contributed by atoms with van der Waals surface area (Å²) >= 11 is 5.69. The molecule has 1 aliphatic heterocycles. The molecule has 8 heteroatoms. The number of hydrogen-bond acceptors (Lipinski definition) is 5. The zero-order valence-corrected chi connectivity index (χ0v) is 14.6. The van der Waals surface area contributed by atoms with Gasteiger partial charge in [-0.3, -0.25) is 9.89 Å². The molecule has 4 rings (SSSR count). The van der Waals surface area contributed by atoms with Crippen molar-refractivity contribution in [2.45, 2.75) is 13.0 Å². The van der Waals surface area contributed by atoms with Gasteiger partial charge in [0, 0.05) is 36.3 Å². The number of nitrogens with zero attached hydrogens (tertiary/aromatic N) is 4. The van der Waals surface area contributed by atoms with Crippen LogP contribution in [0.3, 0.4) is 0 Å². The van der Waals surface area contributed by atoms with Gasteiger partial charge in [-0.15, -0.1) is 0 Å². The number of halogens is 1. The predicted molar refractivity (Wildman–Crippen MR) is 95.7 cm³/mol. The monoisotopic (exact) mass is 369 g/mol. The van der Waals surface area contributed by atoms with Crippen LogP contribution in [0.5, 0.6) is 5.88 Å². The summed E-state index contributed by atoms with van der Waals surface area (Å²) < 4.78 is 5.41. The van der Waals surface area contributed by atoms with E-state index in [1.807, 2.05) is 30.3 Å². The highest BCUT2D eigenvalue weighted by Crippen LogP contribution is 2.28. The maximum Gasteiger partial charge on any atom is 0.260 e. The van der Waals surface area contributed by atoms with E-state index in [0.29, 0.717) is 13.1 Å². The van der Waals surface area contributed by atoms with Crippen molar-refractivity contribution < 1.29 is 9.53 Å². The van der Waals surface area contributed by atoms with Gasteiger partial charge in [0.25, 0.3) is 5.91 Å². The Bertz CT molecular complexity index is 911. The highest BCUT2D eigenvalue weighted by atomic mass is 35.5. The Balaban J connectivity index is 1.45. The van der Waals surface area contributed by atoms with Crippen LogP contribution in [0.1, 0.15) is 11.3 Å². The van der Waals surface area contributed by atoms with Gasteiger partial charge in [0.05, 0.1) is 18.1 Å². The first-order valence-electron chi connectivity index (χ1n) is 8.20. The fourth-order valence-corrected chi connectivity index (χ4v) is 3.04. The van der Waals surface area contributed by atoms with E-state index in [9.17, 15) is 4.79 Å². The molecule has 1 amide bonds. The second kappa shape index (κ2) is 7.13. The largest absolute Gasteiger partial charge is 0.466 e. The maximum atomic E-state index is 12.5. The van der Waals surface area contributed by atoms with E-state index < -0.39 is 0 Å². The Kier molecular flexibility index (Phi) is 4.53. The summed E-state index contributed by atoms with van der Waals surface area (Å²) in [6, 6.07) is 9.95. The molecule has 26 heavy (non-hydrogen) atoms. The molecule has 0 unspecified atom stereocenters. The molecule has 0 fully saturated rings. The van der Waals surface area contributed by atoms with E-state index in [0.717, 1.165) is 28.9 Å². The number of ether oxygens (including phenoxy) is 1. The summed E-state index contributed by atoms with van der Waals surface area (Å²) in [4.78, 5) is 22.1. The average Bonchev–Trinajstić information content (AvgIpc) is 3.11. The third-order valence-electron chi connectivity index (χ3n) is 4.27. The summed E-state index contributed by atoms with van der Waals surface area (Å²) in [7, 11) is 0. The van der Waals surface area contributed by atoms with Crippen LogP contribution >= 0.6 is 11.6 Å². The number of carbonyl (C=O) groups is 1. The van der Waals surface area contributed by atoms with E-state index in [-0.39, 0.29) is 23.5 Å². The van der Waals surface area contributed by atoms with Crippen LogP contribution in [-0.4, -0.2) is 44.1 Å². The Labute approximate surface area is 155 Å². The summed E-state index contributed by atoms with van der Waals surface area (Å²) in [6.07, 6.45) is 3.52. The number of aromatic nitrogens is 4. The lowest BCUT2D eigenvalue weighted by atomic mass is 10.0. The van der Waals surface area contributed by atoms with Gasteiger partial charge in [-0.2, -0.15) is 5.10 Å². The Morgan fingerprint density at radius 2 is 2.08 bits per heavy atom. The van der Waals surface area contributed by atoms with Crippen LogP contribution in [0.25, 0.3) is 11.3 Å². The lowest BCUT2D eigenvalue weighted by molar-refractivity contribution is -0.134. The third kappa shape index (κ3) is 3.39. The fraction of sp³-hybridized carbons (Fsp3) is 0.222. The number of benzene rings is 1. The molecule has 7 nitrogen and oxygen atoms in total. The number of carbonyl (C=O) groups excluding carboxylic acids is 1. The Morgan fingerprint density at radius 1 is 1.23 bits per heavy atom. The standard InChI is InChI=1S/C18H16ClN5O2/c19-15-8-21-16(9-20-15)26-11-17(25)24-7-6-14-13(10-24)18(23-22-14)12-4-2-1-3-5-12/h1-5,8-9H,6-7,10-11H2,(H,22,23). The van der Waals surface area contributed by atoms with Gasteiger partial charge in [-0.25, -0.2) is 9.97 Å². The molecule has 0 aliphatic carbocycles. The molecular formula is C18H16ClN5O2. The molecule has 1 N–H and O–H groups in total. The van der Waals surface area contributed by atoms with Gasteiger partial charge in [-0.1, -0.05) is 41.9 Å². The average molecular weight is 370 g/mol. The molecule has 0 radical (unpaired) electrons. The molecule has 0 spiro atoms. The first kappa shape index (κ1) is 16.5. The van der Waals surface area contributed by atoms with Crippen LogP contribution in [0.15, 0.2) is 42.7 Å². The van der Waals surface area contributed by atoms with E-state index in [1.54, 1.807) is 4.90 Å². The van der Waals surface area contributed by atoms with Crippen molar-refractivity contribution >= 4 is 17.5 Å². The smallest absolute Gasteiger partial charge is 0.260 e. The Morgan fingerprint density at radius 3 is 2.85 bits per heavy atom. The van der Waals surface area contributed by atoms with Crippen LogP contribution in [0.2, 0.25) is 5.15 Å². The molecule has 2 aromatic heterocycles. The zero-order chi connectivity index (χ0) is 17.9. The molecule has 0 atom stereocenters. The first-order chi connectivity index (χ1) is 12.7. The van der Waals surface area contributed by atoms with Gasteiger partial charge in [-0.05, 0) is 0 Å². The second-order valence-corrected chi connectivity index (χ2v) is 6.31. The molecular weight excluding hydrogens is 354 g/mol. The van der Waals surface area contributed by atoms with Crippen molar-refractivity contribution in [1.29, 1.82) is 0 Å². The van der Waals surface area contributed by atoms with E-state index in [1.165, 1.54) is 12.4 Å². The molecule has 3 heterocycles.